The smallest absolute Gasteiger partial charge is 0.462 e. The lowest BCUT2D eigenvalue weighted by molar-refractivity contribution is -0.161. The fourth-order valence-corrected chi connectivity index (χ4v) is 14.3. The molecule has 19 heteroatoms. The molecule has 0 saturated carbocycles. The Labute approximate surface area is 626 Å². The van der Waals surface area contributed by atoms with Crippen LogP contribution in [-0.4, -0.2) is 96.7 Å². The molecule has 0 aromatic heterocycles. The molecule has 0 bridgehead atoms. The number of phosphoric acid groups is 2. The first kappa shape index (κ1) is 100. The van der Waals surface area contributed by atoms with Crippen LogP contribution in [0, 0.1) is 23.7 Å². The fraction of sp³-hybridized carbons (Fsp3) is 0.952. The van der Waals surface area contributed by atoms with E-state index in [2.05, 4.69) is 55.4 Å². The van der Waals surface area contributed by atoms with Crippen LogP contribution in [0.1, 0.15) is 428 Å². The monoisotopic (exact) mass is 1490 g/mol. The normalized spacial score (nSPS) is 14.3. The van der Waals surface area contributed by atoms with Crippen LogP contribution in [0.3, 0.4) is 0 Å². The van der Waals surface area contributed by atoms with Gasteiger partial charge in [0.15, 0.2) is 12.2 Å². The van der Waals surface area contributed by atoms with Crippen LogP contribution in [-0.2, 0) is 65.4 Å². The van der Waals surface area contributed by atoms with E-state index in [9.17, 15) is 43.2 Å². The summed E-state index contributed by atoms with van der Waals surface area (Å²) in [5, 5.41) is 10.7. The first-order valence-corrected chi connectivity index (χ1v) is 45.7. The number of rotatable bonds is 80. The van der Waals surface area contributed by atoms with Crippen molar-refractivity contribution in [1.29, 1.82) is 0 Å². The van der Waals surface area contributed by atoms with E-state index in [1.165, 1.54) is 231 Å². The third-order valence-corrected chi connectivity index (χ3v) is 21.6. The molecular weight excluding hydrogens is 1330 g/mol. The highest BCUT2D eigenvalue weighted by Gasteiger charge is 2.30. The summed E-state index contributed by atoms with van der Waals surface area (Å²) >= 11 is 0. The van der Waals surface area contributed by atoms with E-state index in [0.29, 0.717) is 25.7 Å². The minimum absolute atomic E-state index is 0.106. The van der Waals surface area contributed by atoms with E-state index in [4.69, 9.17) is 37.0 Å². The summed E-state index contributed by atoms with van der Waals surface area (Å²) in [5.74, 6) is 1.04. The summed E-state index contributed by atoms with van der Waals surface area (Å²) in [6.45, 7) is 14.3. The Morgan fingerprint density at radius 3 is 0.696 bits per heavy atom. The van der Waals surface area contributed by atoms with Crippen LogP contribution in [0.25, 0.3) is 0 Å². The minimum atomic E-state index is -4.96. The maximum absolute atomic E-state index is 13.1. The van der Waals surface area contributed by atoms with Gasteiger partial charge in [0.05, 0.1) is 26.4 Å². The molecule has 0 rings (SSSR count). The van der Waals surface area contributed by atoms with Crippen molar-refractivity contribution in [3.05, 3.63) is 0 Å². The van der Waals surface area contributed by atoms with Crippen molar-refractivity contribution >= 4 is 39.5 Å². The molecule has 0 radical (unpaired) electrons. The number of esters is 4. The van der Waals surface area contributed by atoms with Gasteiger partial charge in [-0.3, -0.25) is 37.3 Å². The second-order valence-corrected chi connectivity index (χ2v) is 34.4. The van der Waals surface area contributed by atoms with Gasteiger partial charge in [-0.25, -0.2) is 9.13 Å². The second kappa shape index (κ2) is 72.0. The number of phosphoric ester groups is 2. The van der Waals surface area contributed by atoms with Gasteiger partial charge in [0, 0.05) is 25.7 Å². The molecule has 0 aliphatic heterocycles. The van der Waals surface area contributed by atoms with Crippen molar-refractivity contribution in [3.8, 4) is 0 Å². The van der Waals surface area contributed by atoms with Gasteiger partial charge >= 0.3 is 39.5 Å². The molecular formula is C83H162O17P2. The van der Waals surface area contributed by atoms with Crippen molar-refractivity contribution in [2.75, 3.05) is 39.6 Å². The molecule has 0 saturated heterocycles. The highest BCUT2D eigenvalue weighted by molar-refractivity contribution is 7.47. The molecule has 0 aromatic rings. The Kier molecular flexibility index (Phi) is 70.6. The summed E-state index contributed by atoms with van der Waals surface area (Å²) in [5.41, 5.74) is 0. The highest BCUT2D eigenvalue weighted by Crippen LogP contribution is 2.45. The van der Waals surface area contributed by atoms with Crippen molar-refractivity contribution in [3.63, 3.8) is 0 Å². The van der Waals surface area contributed by atoms with E-state index in [1.807, 2.05) is 0 Å². The summed E-state index contributed by atoms with van der Waals surface area (Å²) in [6, 6.07) is 0. The average Bonchev–Trinajstić information content (AvgIpc) is 0.909. The summed E-state index contributed by atoms with van der Waals surface area (Å²) < 4.78 is 68.8. The Hall–Kier alpha value is -1.94. The lowest BCUT2D eigenvalue weighted by atomic mass is 9.99. The predicted molar refractivity (Wildman–Crippen MR) is 418 cm³/mol. The fourth-order valence-electron chi connectivity index (χ4n) is 12.8. The number of carbonyl (C=O) groups is 4. The molecule has 3 unspecified atom stereocenters. The molecule has 0 heterocycles. The second-order valence-electron chi connectivity index (χ2n) is 31.5. The van der Waals surface area contributed by atoms with Crippen LogP contribution < -0.4 is 0 Å². The predicted octanol–water partition coefficient (Wildman–Crippen LogP) is 24.8. The zero-order valence-corrected chi connectivity index (χ0v) is 69.0. The lowest BCUT2D eigenvalue weighted by Crippen LogP contribution is -2.30. The van der Waals surface area contributed by atoms with Crippen molar-refractivity contribution in [2.24, 2.45) is 23.7 Å². The zero-order chi connectivity index (χ0) is 75.3. The third-order valence-electron chi connectivity index (χ3n) is 19.7. The van der Waals surface area contributed by atoms with Crippen LogP contribution in [0.2, 0.25) is 0 Å². The van der Waals surface area contributed by atoms with Crippen LogP contribution in [0.5, 0.6) is 0 Å². The molecule has 0 aliphatic rings. The zero-order valence-electron chi connectivity index (χ0n) is 67.2. The van der Waals surface area contributed by atoms with Gasteiger partial charge in [0.25, 0.3) is 0 Å². The van der Waals surface area contributed by atoms with Crippen LogP contribution in [0.15, 0.2) is 0 Å². The number of aliphatic hydroxyl groups is 1. The maximum atomic E-state index is 13.1. The first-order valence-electron chi connectivity index (χ1n) is 42.7. The standard InChI is InChI=1S/C83H162O17P2/c1-9-76(8)62-54-46-38-33-34-40-48-56-64-81(86)94-70-79(100-83(88)66-58-50-42-32-26-20-23-29-37-45-53-61-75(6)7)72-98-102(91,92)96-68-77(84)67-95-101(89,90)97-71-78(99-82(87)65-57-49-41-31-25-19-15-11-13-17-22-28-36-44-52-60-74(4)5)69-93-80(85)63-55-47-39-30-24-18-14-10-12-16-21-27-35-43-51-59-73(2)3/h73-79,84H,9-72H2,1-8H3,(H,89,90)(H,91,92)/t76?,77-,78-,79-/m1/s1. The van der Waals surface area contributed by atoms with Crippen LogP contribution >= 0.6 is 15.6 Å². The van der Waals surface area contributed by atoms with Crippen molar-refractivity contribution < 1.29 is 80.2 Å². The van der Waals surface area contributed by atoms with Gasteiger partial charge in [-0.2, -0.15) is 0 Å². The minimum Gasteiger partial charge on any atom is -0.462 e. The summed E-state index contributed by atoms with van der Waals surface area (Å²) in [4.78, 5) is 73.1. The highest BCUT2D eigenvalue weighted by atomic mass is 31.2. The summed E-state index contributed by atoms with van der Waals surface area (Å²) in [6.07, 6.45) is 59.6. The number of hydrogen-bond acceptors (Lipinski definition) is 15. The topological polar surface area (TPSA) is 237 Å². The van der Waals surface area contributed by atoms with Crippen molar-refractivity contribution in [2.45, 2.75) is 446 Å². The van der Waals surface area contributed by atoms with Gasteiger partial charge in [-0.1, -0.05) is 376 Å². The van der Waals surface area contributed by atoms with Crippen molar-refractivity contribution in [1.82, 2.24) is 0 Å². The van der Waals surface area contributed by atoms with Gasteiger partial charge in [0.2, 0.25) is 0 Å². The third kappa shape index (κ3) is 74.9. The van der Waals surface area contributed by atoms with E-state index in [1.54, 1.807) is 0 Å². The van der Waals surface area contributed by atoms with Gasteiger partial charge < -0.3 is 33.8 Å². The Morgan fingerprint density at radius 1 is 0.275 bits per heavy atom. The average molecular weight is 1490 g/mol. The van der Waals surface area contributed by atoms with Gasteiger partial charge in [0.1, 0.15) is 19.3 Å². The van der Waals surface area contributed by atoms with E-state index >= 15 is 0 Å². The molecule has 0 fully saturated rings. The molecule has 0 spiro atoms. The molecule has 6 atom stereocenters. The molecule has 0 aromatic carbocycles. The molecule has 102 heavy (non-hydrogen) atoms. The van der Waals surface area contributed by atoms with Crippen LogP contribution in [0.4, 0.5) is 0 Å². The molecule has 17 nitrogen and oxygen atoms in total. The summed E-state index contributed by atoms with van der Waals surface area (Å²) in [7, 11) is -9.93. The lowest BCUT2D eigenvalue weighted by Gasteiger charge is -2.21. The van der Waals surface area contributed by atoms with Gasteiger partial charge in [-0.15, -0.1) is 0 Å². The van der Waals surface area contributed by atoms with E-state index in [0.717, 1.165) is 114 Å². The SMILES string of the molecule is CCC(C)CCCCCCCCCCC(=O)OC[C@H](COP(=O)(O)OC[C@H](O)COP(=O)(O)OC[C@@H](COC(=O)CCCCCCCCCCCCCCCCCC(C)C)OC(=O)CCCCCCCCCCCCCCCCCC(C)C)OC(=O)CCCCCCCCCCCCCC(C)C. The molecule has 606 valence electrons. The quantitative estimate of drug-likeness (QED) is 0.0222. The van der Waals surface area contributed by atoms with E-state index < -0.39 is 97.5 Å². The molecule has 0 amide bonds. The van der Waals surface area contributed by atoms with Gasteiger partial charge in [-0.05, 0) is 49.4 Å². The number of hydrogen-bond donors (Lipinski definition) is 3. The maximum Gasteiger partial charge on any atom is 0.472 e. The van der Waals surface area contributed by atoms with E-state index in [-0.39, 0.29) is 25.7 Å². The number of ether oxygens (including phenoxy) is 4. The largest absolute Gasteiger partial charge is 0.472 e. The molecule has 3 N–H and O–H groups in total. The number of carbonyl (C=O) groups excluding carboxylic acids is 4. The Balaban J connectivity index is 5.27. The number of unbranched alkanes of at least 4 members (excludes halogenated alkanes) is 45. The Morgan fingerprint density at radius 2 is 0.471 bits per heavy atom. The first-order chi connectivity index (χ1) is 49.1. The Bertz CT molecular complexity index is 1990. The number of aliphatic hydroxyl groups excluding tert-OH is 1. The molecule has 0 aliphatic carbocycles.